The van der Waals surface area contributed by atoms with Crippen LogP contribution in [0.25, 0.3) is 11.1 Å². The highest BCUT2D eigenvalue weighted by Gasteiger charge is 2.12. The minimum atomic E-state index is -1.36. The van der Waals surface area contributed by atoms with Crippen LogP contribution in [0.4, 0.5) is 5.69 Å². The van der Waals surface area contributed by atoms with Crippen LogP contribution >= 0.6 is 0 Å². The molecule has 1 heterocycles. The van der Waals surface area contributed by atoms with E-state index in [0.717, 1.165) is 0 Å². The van der Waals surface area contributed by atoms with Crippen molar-refractivity contribution in [1.29, 1.82) is 0 Å². The molecule has 0 aliphatic carbocycles. The van der Waals surface area contributed by atoms with Crippen molar-refractivity contribution in [2.24, 2.45) is 0 Å². The van der Waals surface area contributed by atoms with Crippen LogP contribution in [-0.2, 0) is 15.5 Å². The summed E-state index contributed by atoms with van der Waals surface area (Å²) >= 11 is 0. The van der Waals surface area contributed by atoms with Crippen LogP contribution in [0.3, 0.4) is 0 Å². The number of hydrogen-bond donors (Lipinski definition) is 1. The van der Waals surface area contributed by atoms with Crippen LogP contribution in [0.15, 0.2) is 27.8 Å². The number of ether oxygens (including phenoxy) is 1. The minimum Gasteiger partial charge on any atom is -0.429 e. The van der Waals surface area contributed by atoms with Crippen molar-refractivity contribution in [3.63, 3.8) is 0 Å². The monoisotopic (exact) mass is 226 g/mol. The van der Waals surface area contributed by atoms with Gasteiger partial charge >= 0.3 is 0 Å². The average Bonchev–Trinajstić information content (AvgIpc) is 2.60. The fourth-order valence-electron chi connectivity index (χ4n) is 1.17. The Morgan fingerprint density at radius 2 is 2.40 bits per heavy atom. The molecule has 1 atom stereocenters. The van der Waals surface area contributed by atoms with Crippen molar-refractivity contribution < 1.29 is 13.4 Å². The smallest absolute Gasteiger partial charge is 0.290 e. The molecule has 2 N–H and O–H groups in total. The van der Waals surface area contributed by atoms with E-state index in [1.807, 2.05) is 0 Å². The lowest BCUT2D eigenvalue weighted by atomic mass is 10.3. The summed E-state index contributed by atoms with van der Waals surface area (Å²) in [7, 11) is 0.107. The van der Waals surface area contributed by atoms with Gasteiger partial charge in [-0.2, -0.15) is 0 Å². The molecule has 6 heteroatoms. The maximum atomic E-state index is 11.5. The average molecular weight is 226 g/mol. The minimum absolute atomic E-state index is 0.0717. The summed E-state index contributed by atoms with van der Waals surface area (Å²) in [6.45, 7) is 0. The summed E-state index contributed by atoms with van der Waals surface area (Å²) in [4.78, 5) is 4.07. The van der Waals surface area contributed by atoms with Gasteiger partial charge in [-0.3, -0.25) is 0 Å². The van der Waals surface area contributed by atoms with E-state index >= 15 is 0 Å². The molecule has 1 unspecified atom stereocenters. The maximum absolute atomic E-state index is 11.5. The molecule has 1 aromatic heterocycles. The summed E-state index contributed by atoms with van der Waals surface area (Å²) in [5.41, 5.74) is 7.34. The zero-order valence-corrected chi connectivity index (χ0v) is 8.91. The van der Waals surface area contributed by atoms with Gasteiger partial charge in [0.1, 0.15) is 22.3 Å². The van der Waals surface area contributed by atoms with Crippen molar-refractivity contribution in [2.75, 3.05) is 18.8 Å². The molecule has 80 valence electrons. The summed E-state index contributed by atoms with van der Waals surface area (Å²) < 4.78 is 21.5. The van der Waals surface area contributed by atoms with Gasteiger partial charge in [-0.15, -0.1) is 0 Å². The van der Waals surface area contributed by atoms with Gasteiger partial charge < -0.3 is 14.9 Å². The van der Waals surface area contributed by atoms with Crippen molar-refractivity contribution in [1.82, 2.24) is 4.98 Å². The van der Waals surface area contributed by atoms with Crippen LogP contribution in [0, 0.1) is 0 Å². The topological polar surface area (TPSA) is 78.3 Å². The van der Waals surface area contributed by atoms with Gasteiger partial charge in [0.25, 0.3) is 5.22 Å². The SMILES string of the molecule is COCS(=O)c1nc2ccc(N)cc2o1. The van der Waals surface area contributed by atoms with E-state index in [0.29, 0.717) is 16.8 Å². The van der Waals surface area contributed by atoms with E-state index in [2.05, 4.69) is 4.98 Å². The highest BCUT2D eigenvalue weighted by molar-refractivity contribution is 7.84. The third kappa shape index (κ3) is 2.00. The number of rotatable bonds is 3. The van der Waals surface area contributed by atoms with E-state index < -0.39 is 10.8 Å². The van der Waals surface area contributed by atoms with Crippen LogP contribution in [0.1, 0.15) is 0 Å². The quantitative estimate of drug-likeness (QED) is 0.793. The van der Waals surface area contributed by atoms with Crippen molar-refractivity contribution in [3.8, 4) is 0 Å². The van der Waals surface area contributed by atoms with Crippen LogP contribution in [0.2, 0.25) is 0 Å². The van der Waals surface area contributed by atoms with Gasteiger partial charge in [-0.25, -0.2) is 9.19 Å². The van der Waals surface area contributed by atoms with E-state index in [1.165, 1.54) is 7.11 Å². The molecule has 0 saturated heterocycles. The number of aromatic nitrogens is 1. The van der Waals surface area contributed by atoms with Crippen molar-refractivity contribution in [2.45, 2.75) is 5.22 Å². The summed E-state index contributed by atoms with van der Waals surface area (Å²) in [5.74, 6) is 0.0717. The number of nitrogens with zero attached hydrogens (tertiary/aromatic N) is 1. The first-order chi connectivity index (χ1) is 7.20. The second-order valence-electron chi connectivity index (χ2n) is 2.96. The first-order valence-corrected chi connectivity index (χ1v) is 5.56. The summed E-state index contributed by atoms with van der Waals surface area (Å²) in [5, 5.41) is 0.164. The second kappa shape index (κ2) is 4.00. The number of hydrogen-bond acceptors (Lipinski definition) is 5. The fraction of sp³-hybridized carbons (Fsp3) is 0.222. The van der Waals surface area contributed by atoms with Gasteiger partial charge in [0.2, 0.25) is 0 Å². The first kappa shape index (κ1) is 10.1. The Hall–Kier alpha value is -1.40. The van der Waals surface area contributed by atoms with Crippen molar-refractivity contribution in [3.05, 3.63) is 18.2 Å². The lowest BCUT2D eigenvalue weighted by Crippen LogP contribution is -1.99. The Morgan fingerprint density at radius 3 is 3.13 bits per heavy atom. The number of nitrogen functional groups attached to an aromatic ring is 1. The maximum Gasteiger partial charge on any atom is 0.290 e. The highest BCUT2D eigenvalue weighted by atomic mass is 32.2. The molecule has 0 amide bonds. The molecule has 0 aliphatic rings. The third-order valence-corrected chi connectivity index (χ3v) is 2.83. The van der Waals surface area contributed by atoms with Gasteiger partial charge in [-0.1, -0.05) is 0 Å². The zero-order valence-electron chi connectivity index (χ0n) is 8.10. The van der Waals surface area contributed by atoms with Gasteiger partial charge in [0.05, 0.1) is 0 Å². The Balaban J connectivity index is 2.42. The van der Waals surface area contributed by atoms with E-state index in [9.17, 15) is 4.21 Å². The van der Waals surface area contributed by atoms with Gasteiger partial charge in [-0.05, 0) is 12.1 Å². The molecule has 2 rings (SSSR count). The largest absolute Gasteiger partial charge is 0.429 e. The first-order valence-electron chi connectivity index (χ1n) is 4.24. The normalized spacial score (nSPS) is 13.1. The number of anilines is 1. The molecular formula is C9H10N2O3S. The molecule has 0 aliphatic heterocycles. The van der Waals surface area contributed by atoms with Gasteiger partial charge in [0.15, 0.2) is 5.58 Å². The molecular weight excluding hydrogens is 216 g/mol. The lowest BCUT2D eigenvalue weighted by Gasteiger charge is -1.92. The Morgan fingerprint density at radius 1 is 1.60 bits per heavy atom. The predicted molar refractivity (Wildman–Crippen MR) is 56.7 cm³/mol. The molecule has 0 spiro atoms. The van der Waals surface area contributed by atoms with E-state index in [-0.39, 0.29) is 11.2 Å². The molecule has 1 aromatic carbocycles. The second-order valence-corrected chi connectivity index (χ2v) is 4.23. The molecule has 0 fully saturated rings. The Bertz CT molecular complexity index is 509. The van der Waals surface area contributed by atoms with Gasteiger partial charge in [0, 0.05) is 18.9 Å². The number of oxazole rings is 1. The predicted octanol–water partition coefficient (Wildman–Crippen LogP) is 1.12. The van der Waals surface area contributed by atoms with E-state index in [1.54, 1.807) is 18.2 Å². The summed E-state index contributed by atoms with van der Waals surface area (Å²) in [6.07, 6.45) is 0. The van der Waals surface area contributed by atoms with Crippen LogP contribution in [-0.4, -0.2) is 22.2 Å². The van der Waals surface area contributed by atoms with E-state index in [4.69, 9.17) is 14.9 Å². The Labute approximate surface area is 88.7 Å². The lowest BCUT2D eigenvalue weighted by molar-refractivity contribution is 0.252. The number of methoxy groups -OCH3 is 1. The standard InChI is InChI=1S/C9H10N2O3S/c1-13-5-15(12)9-11-7-3-2-6(10)4-8(7)14-9/h2-4H,5,10H2,1H3. The Kier molecular flexibility index (Phi) is 2.70. The molecule has 15 heavy (non-hydrogen) atoms. The number of fused-ring (bicyclic) bond motifs is 1. The molecule has 2 aromatic rings. The molecule has 5 nitrogen and oxygen atoms in total. The third-order valence-electron chi connectivity index (χ3n) is 1.81. The van der Waals surface area contributed by atoms with Crippen LogP contribution < -0.4 is 5.73 Å². The number of nitrogens with two attached hydrogens (primary N) is 1. The summed E-state index contributed by atoms with van der Waals surface area (Å²) in [6, 6.07) is 5.09. The molecule has 0 saturated carbocycles. The van der Waals surface area contributed by atoms with Crippen LogP contribution in [0.5, 0.6) is 0 Å². The molecule has 0 bridgehead atoms. The zero-order chi connectivity index (χ0) is 10.8. The van der Waals surface area contributed by atoms with Crippen molar-refractivity contribution >= 4 is 27.6 Å². The fourth-order valence-corrected chi connectivity index (χ4v) is 1.87. The highest BCUT2D eigenvalue weighted by Crippen LogP contribution is 2.20. The number of benzene rings is 1. The molecule has 0 radical (unpaired) electrons.